The van der Waals surface area contributed by atoms with Crippen molar-refractivity contribution in [1.29, 1.82) is 0 Å². The van der Waals surface area contributed by atoms with Crippen molar-refractivity contribution in [3.05, 3.63) is 73.3 Å². The molecule has 0 amide bonds. The molecule has 3 aromatic heterocycles. The largest absolute Gasteiger partial charge is 0.497 e. The zero-order valence-electron chi connectivity index (χ0n) is 17.1. The lowest BCUT2D eigenvalue weighted by Crippen LogP contribution is -2.17. The predicted molar refractivity (Wildman–Crippen MR) is 121 cm³/mol. The minimum atomic E-state index is -0.490. The van der Waals surface area contributed by atoms with Crippen LogP contribution < -0.4 is 10.3 Å². The number of hydrogen-bond donors (Lipinski definition) is 0. The number of methoxy groups -OCH3 is 1. The molecule has 0 saturated carbocycles. The molecule has 5 rings (SSSR count). The van der Waals surface area contributed by atoms with Crippen molar-refractivity contribution >= 4 is 33.5 Å². The first-order valence-electron chi connectivity index (χ1n) is 10.0. The highest BCUT2D eigenvalue weighted by Gasteiger charge is 2.21. The number of hydrogen-bond acceptors (Lipinski definition) is 8. The van der Waals surface area contributed by atoms with Crippen LogP contribution >= 0.6 is 11.3 Å². The Morgan fingerprint density at radius 2 is 2.12 bits per heavy atom. The molecule has 10 heteroatoms. The van der Waals surface area contributed by atoms with Crippen LogP contribution in [0.5, 0.6) is 5.75 Å². The first-order valence-corrected chi connectivity index (χ1v) is 10.9. The van der Waals surface area contributed by atoms with E-state index in [1.165, 1.54) is 35.3 Å². The van der Waals surface area contributed by atoms with E-state index in [0.717, 1.165) is 36.1 Å². The fraction of sp³-hybridized carbons (Fsp3) is 0.227. The molecule has 0 unspecified atom stereocenters. The average Bonchev–Trinajstić information content (AvgIpc) is 3.43. The van der Waals surface area contributed by atoms with E-state index in [1.807, 2.05) is 0 Å². The van der Waals surface area contributed by atoms with Crippen LogP contribution in [0.1, 0.15) is 29.0 Å². The lowest BCUT2D eigenvalue weighted by Gasteiger charge is -2.09. The van der Waals surface area contributed by atoms with Crippen molar-refractivity contribution < 1.29 is 14.1 Å². The Morgan fingerprint density at radius 1 is 1.28 bits per heavy atom. The van der Waals surface area contributed by atoms with E-state index in [2.05, 4.69) is 10.1 Å². The third-order valence-electron chi connectivity index (χ3n) is 5.46. The van der Waals surface area contributed by atoms with Crippen LogP contribution in [0.25, 0.3) is 21.5 Å². The molecule has 0 bridgehead atoms. The van der Waals surface area contributed by atoms with Gasteiger partial charge in [0.15, 0.2) is 0 Å². The summed E-state index contributed by atoms with van der Waals surface area (Å²) in [6, 6.07) is 7.79. The van der Waals surface area contributed by atoms with Gasteiger partial charge in [0.2, 0.25) is 0 Å². The highest BCUT2D eigenvalue weighted by atomic mass is 32.1. The maximum absolute atomic E-state index is 13.0. The van der Waals surface area contributed by atoms with Gasteiger partial charge in [-0.2, -0.15) is 9.78 Å². The lowest BCUT2D eigenvalue weighted by atomic mass is 9.97. The Morgan fingerprint density at radius 3 is 2.94 bits per heavy atom. The number of nitro groups is 1. The molecule has 0 N–H and O–H groups in total. The smallest absolute Gasteiger partial charge is 0.284 e. The molecule has 4 aromatic rings. The number of rotatable bonds is 5. The van der Waals surface area contributed by atoms with E-state index in [1.54, 1.807) is 35.6 Å². The van der Waals surface area contributed by atoms with Gasteiger partial charge in [-0.15, -0.1) is 11.3 Å². The molecular formula is C22H18N4O5S. The van der Waals surface area contributed by atoms with E-state index in [0.29, 0.717) is 28.2 Å². The number of aromatic nitrogens is 2. The normalized spacial score (nSPS) is 13.5. The zero-order chi connectivity index (χ0) is 22.2. The molecule has 162 valence electrons. The summed E-state index contributed by atoms with van der Waals surface area (Å²) in [5, 5.41) is 16.3. The quantitative estimate of drug-likeness (QED) is 0.253. The van der Waals surface area contributed by atoms with Gasteiger partial charge in [-0.25, -0.2) is 4.98 Å². The molecule has 1 aliphatic carbocycles. The number of benzene rings is 1. The van der Waals surface area contributed by atoms with Crippen molar-refractivity contribution in [2.24, 2.45) is 5.10 Å². The number of ether oxygens (including phenoxy) is 1. The van der Waals surface area contributed by atoms with Gasteiger partial charge in [0.1, 0.15) is 28.4 Å². The van der Waals surface area contributed by atoms with Gasteiger partial charge in [-0.3, -0.25) is 14.9 Å². The molecule has 3 heterocycles. The summed E-state index contributed by atoms with van der Waals surface area (Å²) in [6.07, 6.45) is 6.89. The van der Waals surface area contributed by atoms with Crippen molar-refractivity contribution in [2.75, 3.05) is 7.11 Å². The number of thiophene rings is 1. The molecule has 1 aromatic carbocycles. The average molecular weight is 450 g/mol. The van der Waals surface area contributed by atoms with Gasteiger partial charge in [0, 0.05) is 4.88 Å². The second kappa shape index (κ2) is 8.04. The first kappa shape index (κ1) is 20.1. The minimum Gasteiger partial charge on any atom is -0.497 e. The lowest BCUT2D eigenvalue weighted by molar-refractivity contribution is -0.384. The highest BCUT2D eigenvalue weighted by molar-refractivity contribution is 7.18. The number of nitrogens with zero attached hydrogens (tertiary/aromatic N) is 4. The summed E-state index contributed by atoms with van der Waals surface area (Å²) in [4.78, 5) is 30.3. The molecule has 0 aliphatic heterocycles. The maximum Gasteiger partial charge on any atom is 0.284 e. The van der Waals surface area contributed by atoms with E-state index < -0.39 is 4.92 Å². The van der Waals surface area contributed by atoms with Gasteiger partial charge in [-0.05, 0) is 55.5 Å². The molecular weight excluding hydrogens is 432 g/mol. The monoisotopic (exact) mass is 450 g/mol. The topological polar surface area (TPSA) is 113 Å². The highest BCUT2D eigenvalue weighted by Crippen LogP contribution is 2.34. The molecule has 0 atom stereocenters. The standard InChI is InChI=1S/C22H18N4O5S/c1-30-13-6-8-15(17(10-13)26(28)29)18-9-7-14(31-18)11-24-25-12-23-21-20(22(25)27)16-4-2-3-5-19(16)32-21/h6-12H,2-5H2,1H3/b24-11+. The number of aryl methyl sites for hydroxylation is 2. The SMILES string of the molecule is COc1ccc(-c2ccc(/C=N/n3cnc4sc5c(c4c3=O)CCCC5)o2)c([N+](=O)[O-])c1. The van der Waals surface area contributed by atoms with Crippen LogP contribution in [-0.2, 0) is 12.8 Å². The second-order valence-electron chi connectivity index (χ2n) is 7.37. The van der Waals surface area contributed by atoms with Crippen molar-refractivity contribution in [1.82, 2.24) is 9.66 Å². The van der Waals surface area contributed by atoms with Gasteiger partial charge in [-0.1, -0.05) is 0 Å². The summed E-state index contributed by atoms with van der Waals surface area (Å²) >= 11 is 1.59. The summed E-state index contributed by atoms with van der Waals surface area (Å²) in [5.41, 5.74) is 1.09. The van der Waals surface area contributed by atoms with Crippen molar-refractivity contribution in [2.45, 2.75) is 25.7 Å². The first-order chi connectivity index (χ1) is 15.5. The Hall–Kier alpha value is -3.79. The van der Waals surface area contributed by atoms with Crippen LogP contribution in [-0.4, -0.2) is 27.9 Å². The molecule has 0 saturated heterocycles. The van der Waals surface area contributed by atoms with Gasteiger partial charge >= 0.3 is 0 Å². The van der Waals surface area contributed by atoms with Crippen LogP contribution in [0.3, 0.4) is 0 Å². The molecule has 0 spiro atoms. The van der Waals surface area contributed by atoms with E-state index in [9.17, 15) is 14.9 Å². The third-order valence-corrected chi connectivity index (χ3v) is 6.66. The fourth-order valence-corrected chi connectivity index (χ4v) is 5.12. The van der Waals surface area contributed by atoms with Crippen LogP contribution in [0, 0.1) is 10.1 Å². The zero-order valence-corrected chi connectivity index (χ0v) is 17.9. The summed E-state index contributed by atoms with van der Waals surface area (Å²) < 4.78 is 12.0. The van der Waals surface area contributed by atoms with Crippen LogP contribution in [0.2, 0.25) is 0 Å². The van der Waals surface area contributed by atoms with Gasteiger partial charge in [0.05, 0.1) is 35.3 Å². The fourth-order valence-electron chi connectivity index (χ4n) is 3.90. The molecule has 0 fully saturated rings. The van der Waals surface area contributed by atoms with Crippen LogP contribution in [0.15, 0.2) is 51.0 Å². The van der Waals surface area contributed by atoms with E-state index in [-0.39, 0.29) is 11.2 Å². The number of furan rings is 1. The number of fused-ring (bicyclic) bond motifs is 3. The molecule has 0 radical (unpaired) electrons. The summed E-state index contributed by atoms with van der Waals surface area (Å²) in [5.74, 6) is 1.05. The van der Waals surface area contributed by atoms with E-state index >= 15 is 0 Å². The Bertz CT molecular complexity index is 1430. The van der Waals surface area contributed by atoms with Crippen molar-refractivity contribution in [3.8, 4) is 17.1 Å². The Balaban J connectivity index is 1.47. The van der Waals surface area contributed by atoms with Gasteiger partial charge < -0.3 is 9.15 Å². The number of nitro benzene ring substituents is 1. The summed E-state index contributed by atoms with van der Waals surface area (Å²) in [6.45, 7) is 0. The Labute approximate surface area is 185 Å². The third kappa shape index (κ3) is 3.48. The molecule has 32 heavy (non-hydrogen) atoms. The maximum atomic E-state index is 13.0. The molecule has 9 nitrogen and oxygen atoms in total. The minimum absolute atomic E-state index is 0.129. The predicted octanol–water partition coefficient (Wildman–Crippen LogP) is 4.40. The Kier molecular flexibility index (Phi) is 5.06. The van der Waals surface area contributed by atoms with Crippen molar-refractivity contribution in [3.63, 3.8) is 0 Å². The second-order valence-corrected chi connectivity index (χ2v) is 8.46. The summed E-state index contributed by atoms with van der Waals surface area (Å²) in [7, 11) is 1.44. The van der Waals surface area contributed by atoms with Crippen LogP contribution in [0.4, 0.5) is 5.69 Å². The van der Waals surface area contributed by atoms with E-state index in [4.69, 9.17) is 9.15 Å². The van der Waals surface area contributed by atoms with Gasteiger partial charge in [0.25, 0.3) is 11.2 Å². The molecule has 1 aliphatic rings.